The summed E-state index contributed by atoms with van der Waals surface area (Å²) in [6, 6.07) is 6.41. The lowest BCUT2D eigenvalue weighted by atomic mass is 10.1. The molecule has 0 saturated carbocycles. The molecule has 27 heavy (non-hydrogen) atoms. The number of guanidine groups is 1. The summed E-state index contributed by atoms with van der Waals surface area (Å²) in [5, 5.41) is 6.57. The Morgan fingerprint density at radius 3 is 2.56 bits per heavy atom. The second-order valence-electron chi connectivity index (χ2n) is 6.61. The van der Waals surface area contributed by atoms with Gasteiger partial charge in [0.25, 0.3) is 0 Å². The maximum atomic E-state index is 12.5. The van der Waals surface area contributed by atoms with Gasteiger partial charge < -0.3 is 20.3 Å². The zero-order valence-corrected chi connectivity index (χ0v) is 16.0. The minimum absolute atomic E-state index is 0.107. The van der Waals surface area contributed by atoms with Gasteiger partial charge in [0.1, 0.15) is 5.75 Å². The standard InChI is InChI=1S/C19H29F3N4O/c1-3-11-26-12-9-16(10-13-26)25-18(23-4-2)24-14-15-7-5-6-8-17(15)27-19(20,21)22/h5-8,16H,3-4,9-14H2,1-2H3,(H2,23,24,25). The first kappa shape index (κ1) is 21.3. The van der Waals surface area contributed by atoms with E-state index in [1.807, 2.05) is 6.92 Å². The maximum absolute atomic E-state index is 12.5. The van der Waals surface area contributed by atoms with E-state index in [4.69, 9.17) is 0 Å². The highest BCUT2D eigenvalue weighted by atomic mass is 19.4. The first-order chi connectivity index (χ1) is 12.9. The molecule has 0 radical (unpaired) electrons. The van der Waals surface area contributed by atoms with Crippen molar-refractivity contribution in [3.05, 3.63) is 29.8 Å². The van der Waals surface area contributed by atoms with Gasteiger partial charge in [-0.3, -0.25) is 0 Å². The van der Waals surface area contributed by atoms with Crippen molar-refractivity contribution in [2.24, 2.45) is 4.99 Å². The zero-order valence-electron chi connectivity index (χ0n) is 16.0. The van der Waals surface area contributed by atoms with E-state index in [9.17, 15) is 13.2 Å². The molecule has 0 spiro atoms. The van der Waals surface area contributed by atoms with Crippen LogP contribution in [0.1, 0.15) is 38.7 Å². The van der Waals surface area contributed by atoms with Crippen LogP contribution in [0.25, 0.3) is 0 Å². The molecular weight excluding hydrogens is 357 g/mol. The van der Waals surface area contributed by atoms with E-state index in [1.165, 1.54) is 12.1 Å². The van der Waals surface area contributed by atoms with Crippen LogP contribution in [0.3, 0.4) is 0 Å². The highest BCUT2D eigenvalue weighted by molar-refractivity contribution is 5.80. The summed E-state index contributed by atoms with van der Waals surface area (Å²) < 4.78 is 41.7. The molecule has 1 saturated heterocycles. The molecule has 0 aromatic heterocycles. The van der Waals surface area contributed by atoms with Crippen molar-refractivity contribution in [1.82, 2.24) is 15.5 Å². The Morgan fingerprint density at radius 1 is 1.22 bits per heavy atom. The normalized spacial score (nSPS) is 17.0. The summed E-state index contributed by atoms with van der Waals surface area (Å²) in [6.07, 6.45) is -1.51. The molecule has 1 aromatic rings. The van der Waals surface area contributed by atoms with E-state index >= 15 is 0 Å². The van der Waals surface area contributed by atoms with E-state index in [2.05, 4.69) is 32.2 Å². The van der Waals surface area contributed by atoms with E-state index in [0.717, 1.165) is 38.9 Å². The van der Waals surface area contributed by atoms with Gasteiger partial charge in [-0.1, -0.05) is 25.1 Å². The number of hydrogen-bond acceptors (Lipinski definition) is 3. The third kappa shape index (κ3) is 7.66. The summed E-state index contributed by atoms with van der Waals surface area (Å²) in [5.74, 6) is 0.408. The number of likely N-dealkylation sites (tertiary alicyclic amines) is 1. The number of nitrogens with one attached hydrogen (secondary N) is 2. The molecule has 8 heteroatoms. The van der Waals surface area contributed by atoms with Gasteiger partial charge in [0.15, 0.2) is 5.96 Å². The minimum atomic E-state index is -4.71. The number of piperidine rings is 1. The van der Waals surface area contributed by atoms with Crippen molar-refractivity contribution in [2.75, 3.05) is 26.2 Å². The number of halogens is 3. The monoisotopic (exact) mass is 386 g/mol. The number of hydrogen-bond donors (Lipinski definition) is 2. The Balaban J connectivity index is 1.98. The first-order valence-electron chi connectivity index (χ1n) is 9.52. The fraction of sp³-hybridized carbons (Fsp3) is 0.632. The Morgan fingerprint density at radius 2 is 1.93 bits per heavy atom. The van der Waals surface area contributed by atoms with Crippen molar-refractivity contribution >= 4 is 5.96 Å². The van der Waals surface area contributed by atoms with E-state index in [1.54, 1.807) is 12.1 Å². The number of nitrogens with zero attached hydrogens (tertiary/aromatic N) is 2. The lowest BCUT2D eigenvalue weighted by molar-refractivity contribution is -0.274. The summed E-state index contributed by atoms with van der Waals surface area (Å²) in [4.78, 5) is 6.91. The molecule has 0 atom stereocenters. The molecule has 0 amide bonds. The Kier molecular flexibility index (Phi) is 8.22. The molecular formula is C19H29F3N4O. The van der Waals surface area contributed by atoms with Crippen LogP contribution in [0.5, 0.6) is 5.75 Å². The van der Waals surface area contributed by atoms with Crippen LogP contribution in [0, 0.1) is 0 Å². The Hall–Kier alpha value is -1.96. The van der Waals surface area contributed by atoms with Gasteiger partial charge in [0.05, 0.1) is 6.54 Å². The van der Waals surface area contributed by atoms with Crippen LogP contribution in [-0.2, 0) is 6.54 Å². The van der Waals surface area contributed by atoms with Gasteiger partial charge in [-0.25, -0.2) is 4.99 Å². The molecule has 1 aliphatic heterocycles. The summed E-state index contributed by atoms with van der Waals surface area (Å²) >= 11 is 0. The van der Waals surface area contributed by atoms with Gasteiger partial charge in [-0.15, -0.1) is 13.2 Å². The lowest BCUT2D eigenvalue weighted by Gasteiger charge is -2.32. The van der Waals surface area contributed by atoms with Crippen LogP contribution >= 0.6 is 0 Å². The maximum Gasteiger partial charge on any atom is 0.573 e. The fourth-order valence-corrected chi connectivity index (χ4v) is 3.15. The number of ether oxygens (including phenoxy) is 1. The third-order valence-electron chi connectivity index (χ3n) is 4.42. The second kappa shape index (κ2) is 10.4. The minimum Gasteiger partial charge on any atom is -0.405 e. The molecule has 152 valence electrons. The largest absolute Gasteiger partial charge is 0.573 e. The van der Waals surface area contributed by atoms with Crippen molar-refractivity contribution in [2.45, 2.75) is 52.1 Å². The van der Waals surface area contributed by atoms with Crippen LogP contribution < -0.4 is 15.4 Å². The van der Waals surface area contributed by atoms with Crippen LogP contribution in [0.4, 0.5) is 13.2 Å². The molecule has 5 nitrogen and oxygen atoms in total. The predicted molar refractivity (Wildman–Crippen MR) is 101 cm³/mol. The van der Waals surface area contributed by atoms with Gasteiger partial charge in [-0.2, -0.15) is 0 Å². The number of benzene rings is 1. The molecule has 0 bridgehead atoms. The second-order valence-corrected chi connectivity index (χ2v) is 6.61. The first-order valence-corrected chi connectivity index (χ1v) is 9.52. The van der Waals surface area contributed by atoms with E-state index in [-0.39, 0.29) is 12.3 Å². The fourth-order valence-electron chi connectivity index (χ4n) is 3.15. The lowest BCUT2D eigenvalue weighted by Crippen LogP contribution is -2.48. The average Bonchev–Trinajstić information content (AvgIpc) is 2.61. The molecule has 2 rings (SSSR count). The zero-order chi connectivity index (χ0) is 19.7. The quantitative estimate of drug-likeness (QED) is 0.556. The topological polar surface area (TPSA) is 48.9 Å². The molecule has 1 aliphatic rings. The Bertz CT molecular complexity index is 599. The molecule has 1 aromatic carbocycles. The van der Waals surface area contributed by atoms with Crippen molar-refractivity contribution in [3.63, 3.8) is 0 Å². The van der Waals surface area contributed by atoms with Gasteiger partial charge >= 0.3 is 6.36 Å². The van der Waals surface area contributed by atoms with Crippen molar-refractivity contribution in [1.29, 1.82) is 0 Å². The Labute approximate surface area is 159 Å². The van der Waals surface area contributed by atoms with Gasteiger partial charge in [-0.05, 0) is 38.8 Å². The SMILES string of the molecule is CCCN1CCC(NC(=NCc2ccccc2OC(F)(F)F)NCC)CC1. The third-order valence-corrected chi connectivity index (χ3v) is 4.42. The summed E-state index contributed by atoms with van der Waals surface area (Å²) in [7, 11) is 0. The van der Waals surface area contributed by atoms with Crippen LogP contribution in [0.15, 0.2) is 29.3 Å². The number of rotatable bonds is 7. The molecule has 1 heterocycles. The van der Waals surface area contributed by atoms with E-state index < -0.39 is 6.36 Å². The summed E-state index contributed by atoms with van der Waals surface area (Å²) in [6.45, 7) is 8.15. The average molecular weight is 386 g/mol. The summed E-state index contributed by atoms with van der Waals surface area (Å²) in [5.41, 5.74) is 0.393. The van der Waals surface area contributed by atoms with E-state index in [0.29, 0.717) is 24.1 Å². The van der Waals surface area contributed by atoms with Crippen molar-refractivity contribution < 1.29 is 17.9 Å². The predicted octanol–water partition coefficient (Wildman–Crippen LogP) is 3.51. The van der Waals surface area contributed by atoms with Crippen LogP contribution in [-0.4, -0.2) is 49.4 Å². The van der Waals surface area contributed by atoms with Crippen LogP contribution in [0.2, 0.25) is 0 Å². The highest BCUT2D eigenvalue weighted by Gasteiger charge is 2.32. The number of aliphatic imine (C=N–C) groups is 1. The highest BCUT2D eigenvalue weighted by Crippen LogP contribution is 2.26. The van der Waals surface area contributed by atoms with Gasteiger partial charge in [0, 0.05) is 31.2 Å². The molecule has 0 unspecified atom stereocenters. The van der Waals surface area contributed by atoms with Gasteiger partial charge in [0.2, 0.25) is 0 Å². The number of alkyl halides is 3. The molecule has 1 fully saturated rings. The molecule has 2 N–H and O–H groups in total. The number of para-hydroxylation sites is 1. The smallest absolute Gasteiger partial charge is 0.405 e. The molecule has 0 aliphatic carbocycles. The van der Waals surface area contributed by atoms with Crippen molar-refractivity contribution in [3.8, 4) is 5.75 Å².